The molecule has 3 nitrogen and oxygen atoms in total. The lowest BCUT2D eigenvalue weighted by molar-refractivity contribution is 0.126. The van der Waals surface area contributed by atoms with Gasteiger partial charge in [0.1, 0.15) is 0 Å². The number of piperazine rings is 1. The highest BCUT2D eigenvalue weighted by molar-refractivity contribution is 4.78. The fourth-order valence-electron chi connectivity index (χ4n) is 2.86. The summed E-state index contributed by atoms with van der Waals surface area (Å²) in [5.74, 6) is 0. The van der Waals surface area contributed by atoms with Gasteiger partial charge in [0.2, 0.25) is 0 Å². The first-order valence-electron chi connectivity index (χ1n) is 7.06. The summed E-state index contributed by atoms with van der Waals surface area (Å²) in [4.78, 5) is 5.20. The van der Waals surface area contributed by atoms with Crippen molar-refractivity contribution in [1.82, 2.24) is 15.1 Å². The normalized spacial score (nSPS) is 30.2. The number of rotatable bonds is 3. The van der Waals surface area contributed by atoms with Crippen LogP contribution in [0, 0.1) is 0 Å². The molecule has 0 aromatic heterocycles. The molecule has 0 saturated carbocycles. The van der Waals surface area contributed by atoms with E-state index in [0.29, 0.717) is 0 Å². The zero-order valence-electron chi connectivity index (χ0n) is 10.7. The molecule has 1 N–H and O–H groups in total. The van der Waals surface area contributed by atoms with Crippen molar-refractivity contribution in [3.63, 3.8) is 0 Å². The molecule has 0 radical (unpaired) electrons. The molecule has 2 heterocycles. The molecule has 2 rings (SSSR count). The minimum atomic E-state index is 0.760. The first kappa shape index (κ1) is 12.3. The van der Waals surface area contributed by atoms with Crippen molar-refractivity contribution in [2.45, 2.75) is 38.6 Å². The van der Waals surface area contributed by atoms with Gasteiger partial charge in [0.15, 0.2) is 0 Å². The van der Waals surface area contributed by atoms with Crippen LogP contribution in [-0.2, 0) is 0 Å². The molecule has 16 heavy (non-hydrogen) atoms. The van der Waals surface area contributed by atoms with Gasteiger partial charge in [-0.25, -0.2) is 0 Å². The van der Waals surface area contributed by atoms with E-state index in [0.717, 1.165) is 6.04 Å². The second-order valence-corrected chi connectivity index (χ2v) is 5.24. The molecule has 2 aliphatic rings. The first-order chi connectivity index (χ1) is 7.88. The molecule has 1 atom stereocenters. The molecular formula is C13H27N3. The van der Waals surface area contributed by atoms with Crippen molar-refractivity contribution in [2.24, 2.45) is 0 Å². The molecule has 2 fully saturated rings. The molecule has 0 bridgehead atoms. The average molecular weight is 225 g/mol. The summed E-state index contributed by atoms with van der Waals surface area (Å²) < 4.78 is 0. The Morgan fingerprint density at radius 3 is 2.50 bits per heavy atom. The zero-order chi connectivity index (χ0) is 11.2. The van der Waals surface area contributed by atoms with E-state index in [4.69, 9.17) is 0 Å². The lowest BCUT2D eigenvalue weighted by Gasteiger charge is -2.36. The lowest BCUT2D eigenvalue weighted by Crippen LogP contribution is -2.50. The quantitative estimate of drug-likeness (QED) is 0.777. The number of hydrogen-bond donors (Lipinski definition) is 1. The van der Waals surface area contributed by atoms with Crippen molar-refractivity contribution in [2.75, 3.05) is 45.8 Å². The third kappa shape index (κ3) is 3.72. The molecule has 0 spiro atoms. The van der Waals surface area contributed by atoms with E-state index >= 15 is 0 Å². The molecule has 94 valence electrons. The topological polar surface area (TPSA) is 18.5 Å². The van der Waals surface area contributed by atoms with E-state index in [9.17, 15) is 0 Å². The number of hydrogen-bond acceptors (Lipinski definition) is 3. The van der Waals surface area contributed by atoms with Crippen LogP contribution >= 0.6 is 0 Å². The predicted molar refractivity (Wildman–Crippen MR) is 68.8 cm³/mol. The molecule has 0 amide bonds. The van der Waals surface area contributed by atoms with Crippen molar-refractivity contribution < 1.29 is 0 Å². The summed E-state index contributed by atoms with van der Waals surface area (Å²) in [5, 5.41) is 3.70. The number of likely N-dealkylation sites (N-methyl/N-ethyl adjacent to an activating group) is 1. The van der Waals surface area contributed by atoms with Gasteiger partial charge in [-0.2, -0.15) is 0 Å². The maximum absolute atomic E-state index is 3.70. The minimum Gasteiger partial charge on any atom is -0.313 e. The maximum Gasteiger partial charge on any atom is 0.0195 e. The van der Waals surface area contributed by atoms with E-state index in [2.05, 4.69) is 22.0 Å². The Morgan fingerprint density at radius 2 is 1.75 bits per heavy atom. The van der Waals surface area contributed by atoms with Crippen molar-refractivity contribution >= 4 is 0 Å². The van der Waals surface area contributed by atoms with Crippen LogP contribution in [0.15, 0.2) is 0 Å². The van der Waals surface area contributed by atoms with Crippen LogP contribution in [0.1, 0.15) is 32.6 Å². The average Bonchev–Trinajstić information content (AvgIpc) is 2.59. The molecule has 0 unspecified atom stereocenters. The highest BCUT2D eigenvalue weighted by Gasteiger charge is 2.19. The minimum absolute atomic E-state index is 0.760. The van der Waals surface area contributed by atoms with Crippen LogP contribution in [-0.4, -0.2) is 61.7 Å². The molecule has 0 aromatic rings. The third-order valence-electron chi connectivity index (χ3n) is 4.05. The fourth-order valence-corrected chi connectivity index (χ4v) is 2.86. The summed E-state index contributed by atoms with van der Waals surface area (Å²) in [7, 11) is 0. The Balaban J connectivity index is 1.69. The summed E-state index contributed by atoms with van der Waals surface area (Å²) in [6.45, 7) is 11.1. The van der Waals surface area contributed by atoms with Gasteiger partial charge in [-0.3, -0.25) is 4.90 Å². The van der Waals surface area contributed by atoms with Gasteiger partial charge in [-0.15, -0.1) is 0 Å². The Labute approximate surface area is 100 Å². The van der Waals surface area contributed by atoms with Crippen LogP contribution in [0.2, 0.25) is 0 Å². The molecule has 0 aliphatic carbocycles. The molecular weight excluding hydrogens is 198 g/mol. The van der Waals surface area contributed by atoms with Crippen LogP contribution in [0.4, 0.5) is 0 Å². The van der Waals surface area contributed by atoms with Crippen LogP contribution in [0.3, 0.4) is 0 Å². The first-order valence-corrected chi connectivity index (χ1v) is 7.06. The van der Waals surface area contributed by atoms with Gasteiger partial charge in [-0.05, 0) is 25.9 Å². The largest absolute Gasteiger partial charge is 0.313 e. The molecule has 3 heteroatoms. The van der Waals surface area contributed by atoms with E-state index in [-0.39, 0.29) is 0 Å². The Morgan fingerprint density at radius 1 is 1.00 bits per heavy atom. The van der Waals surface area contributed by atoms with Crippen LogP contribution < -0.4 is 5.32 Å². The van der Waals surface area contributed by atoms with E-state index in [1.807, 2.05) is 0 Å². The molecule has 2 saturated heterocycles. The predicted octanol–water partition coefficient (Wildman–Crippen LogP) is 1.16. The second kappa shape index (κ2) is 6.58. The van der Waals surface area contributed by atoms with Crippen molar-refractivity contribution in [3.8, 4) is 0 Å². The van der Waals surface area contributed by atoms with Gasteiger partial charge < -0.3 is 10.2 Å². The van der Waals surface area contributed by atoms with Crippen molar-refractivity contribution in [1.29, 1.82) is 0 Å². The Bertz CT molecular complexity index is 180. The van der Waals surface area contributed by atoms with E-state index < -0.39 is 0 Å². The zero-order valence-corrected chi connectivity index (χ0v) is 10.7. The van der Waals surface area contributed by atoms with Gasteiger partial charge in [0.05, 0.1) is 0 Å². The van der Waals surface area contributed by atoms with Crippen LogP contribution in [0.5, 0.6) is 0 Å². The van der Waals surface area contributed by atoms with Gasteiger partial charge in [-0.1, -0.05) is 19.8 Å². The molecule has 0 aromatic carbocycles. The number of nitrogens with zero attached hydrogens (tertiary/aromatic N) is 2. The lowest BCUT2D eigenvalue weighted by atomic mass is 10.1. The summed E-state index contributed by atoms with van der Waals surface area (Å²) in [5.41, 5.74) is 0. The van der Waals surface area contributed by atoms with Gasteiger partial charge >= 0.3 is 0 Å². The maximum atomic E-state index is 3.70. The van der Waals surface area contributed by atoms with Crippen LogP contribution in [0.25, 0.3) is 0 Å². The monoisotopic (exact) mass is 225 g/mol. The van der Waals surface area contributed by atoms with Crippen molar-refractivity contribution in [3.05, 3.63) is 0 Å². The standard InChI is InChI=1S/C13H27N3/c1-2-15-8-10-16(11-9-15)12-13-6-4-3-5-7-14-13/h13-14H,2-12H2,1H3/t13-/m1/s1. The SMILES string of the molecule is CCN1CCN(C[C@H]2CCCCCN2)CC1. The highest BCUT2D eigenvalue weighted by Crippen LogP contribution is 2.11. The van der Waals surface area contributed by atoms with E-state index in [1.165, 1.54) is 71.5 Å². The second-order valence-electron chi connectivity index (χ2n) is 5.24. The summed E-state index contributed by atoms with van der Waals surface area (Å²) in [6.07, 6.45) is 5.60. The number of nitrogens with one attached hydrogen (secondary N) is 1. The smallest absolute Gasteiger partial charge is 0.0195 e. The Hall–Kier alpha value is -0.120. The Kier molecular flexibility index (Phi) is 5.07. The highest BCUT2D eigenvalue weighted by atomic mass is 15.3. The van der Waals surface area contributed by atoms with Gasteiger partial charge in [0, 0.05) is 38.8 Å². The third-order valence-corrected chi connectivity index (χ3v) is 4.05. The summed E-state index contributed by atoms with van der Waals surface area (Å²) >= 11 is 0. The van der Waals surface area contributed by atoms with Gasteiger partial charge in [0.25, 0.3) is 0 Å². The fraction of sp³-hybridized carbons (Fsp3) is 1.00. The summed E-state index contributed by atoms with van der Waals surface area (Å²) in [6, 6.07) is 0.760. The molecule has 2 aliphatic heterocycles. The van der Waals surface area contributed by atoms with E-state index in [1.54, 1.807) is 0 Å².